The van der Waals surface area contributed by atoms with Crippen LogP contribution in [0.1, 0.15) is 66.4 Å². The van der Waals surface area contributed by atoms with Crippen LogP contribution in [-0.4, -0.2) is 64.8 Å². The molecule has 1 aliphatic rings. The minimum absolute atomic E-state index is 0.0678. The number of halogens is 2. The molecule has 1 fully saturated rings. The lowest BCUT2D eigenvalue weighted by molar-refractivity contribution is -0.156. The topological polar surface area (TPSA) is 107 Å². The van der Waals surface area contributed by atoms with Crippen molar-refractivity contribution in [3.63, 3.8) is 0 Å². The molecule has 0 spiro atoms. The number of carbonyl (C=O) groups excluding carboxylic acids is 3. The van der Waals surface area contributed by atoms with E-state index in [-0.39, 0.29) is 35.3 Å². The molecule has 0 aliphatic carbocycles. The van der Waals surface area contributed by atoms with Crippen molar-refractivity contribution in [2.24, 2.45) is 5.92 Å². The van der Waals surface area contributed by atoms with Crippen LogP contribution in [0.15, 0.2) is 12.1 Å². The van der Waals surface area contributed by atoms with Crippen LogP contribution >= 0.6 is 23.2 Å². The number of carbonyl (C=O) groups is 3. The third kappa shape index (κ3) is 11.8. The van der Waals surface area contributed by atoms with Gasteiger partial charge >= 0.3 is 18.0 Å². The fourth-order valence-electron chi connectivity index (χ4n) is 3.79. The van der Waals surface area contributed by atoms with Gasteiger partial charge in [0.1, 0.15) is 34.2 Å². The number of pyridine rings is 1. The highest BCUT2D eigenvalue weighted by Gasteiger charge is 2.31. The zero-order valence-corrected chi connectivity index (χ0v) is 23.4. The van der Waals surface area contributed by atoms with Crippen LogP contribution < -0.4 is 5.32 Å². The first-order valence-corrected chi connectivity index (χ1v) is 12.8. The average Bonchev–Trinajstić information content (AvgIpc) is 2.69. The smallest absolute Gasteiger partial charge is 0.408 e. The maximum absolute atomic E-state index is 13.0. The summed E-state index contributed by atoms with van der Waals surface area (Å²) >= 11 is 11.8. The summed E-state index contributed by atoms with van der Waals surface area (Å²) in [4.78, 5) is 43.4. The number of likely N-dealkylation sites (tertiary alicyclic amines) is 1. The number of amides is 1. The second-order valence-corrected chi connectivity index (χ2v) is 11.7. The average molecular weight is 546 g/mol. The van der Waals surface area contributed by atoms with Crippen LogP contribution in [0.5, 0.6) is 0 Å². The Morgan fingerprint density at radius 1 is 1.03 bits per heavy atom. The van der Waals surface area contributed by atoms with Crippen LogP contribution in [0.2, 0.25) is 10.3 Å². The van der Waals surface area contributed by atoms with Crippen molar-refractivity contribution in [2.75, 3.05) is 19.6 Å². The molecule has 202 valence electrons. The standard InChI is InChI=1S/C25H37Cl2N3O6/c1-24(2,3)35-21(31)14-30-9-7-16(8-10-30)11-18(28-23(33)36-25(4,5)6)22(32)34-15-17-12-19(26)29-20(27)13-17/h12-13,16,18H,7-11,14-15H2,1-6H3,(H,28,33)/t18-/m0/s1. The third-order valence-corrected chi connectivity index (χ3v) is 5.62. The predicted molar refractivity (Wildman–Crippen MR) is 137 cm³/mol. The summed E-state index contributed by atoms with van der Waals surface area (Å²) < 4.78 is 16.2. The van der Waals surface area contributed by atoms with E-state index in [4.69, 9.17) is 37.4 Å². The number of piperidine rings is 1. The largest absolute Gasteiger partial charge is 0.459 e. The van der Waals surface area contributed by atoms with Crippen molar-refractivity contribution in [3.8, 4) is 0 Å². The molecule has 0 saturated carbocycles. The SMILES string of the molecule is CC(C)(C)OC(=O)CN1CCC(C[C@H](NC(=O)OC(C)(C)C)C(=O)OCc2cc(Cl)nc(Cl)c2)CC1. The van der Waals surface area contributed by atoms with Crippen molar-refractivity contribution in [1.29, 1.82) is 0 Å². The second kappa shape index (κ2) is 12.9. The van der Waals surface area contributed by atoms with Crippen LogP contribution in [0, 0.1) is 5.92 Å². The molecule has 2 rings (SSSR count). The van der Waals surface area contributed by atoms with Crippen LogP contribution in [0.25, 0.3) is 0 Å². The number of esters is 2. The molecule has 1 aromatic rings. The van der Waals surface area contributed by atoms with E-state index in [1.54, 1.807) is 32.9 Å². The van der Waals surface area contributed by atoms with Crippen molar-refractivity contribution in [3.05, 3.63) is 28.0 Å². The van der Waals surface area contributed by atoms with Crippen LogP contribution in [-0.2, 0) is 30.4 Å². The number of hydrogen-bond donors (Lipinski definition) is 1. The molecule has 2 heterocycles. The summed E-state index contributed by atoms with van der Waals surface area (Å²) in [7, 11) is 0. The molecule has 1 atom stereocenters. The Hall–Kier alpha value is -2.10. The first kappa shape index (κ1) is 30.1. The van der Waals surface area contributed by atoms with Crippen LogP contribution in [0.4, 0.5) is 4.79 Å². The summed E-state index contributed by atoms with van der Waals surface area (Å²) in [5, 5.41) is 3.04. The van der Waals surface area contributed by atoms with E-state index in [1.165, 1.54) is 0 Å². The van der Waals surface area contributed by atoms with E-state index in [9.17, 15) is 14.4 Å². The zero-order chi connectivity index (χ0) is 27.1. The molecule has 36 heavy (non-hydrogen) atoms. The summed E-state index contributed by atoms with van der Waals surface area (Å²) in [6, 6.07) is 2.21. The first-order valence-electron chi connectivity index (χ1n) is 12.0. The van der Waals surface area contributed by atoms with Gasteiger partial charge in [-0.2, -0.15) is 0 Å². The molecule has 0 unspecified atom stereocenters. The fourth-order valence-corrected chi connectivity index (χ4v) is 4.29. The van der Waals surface area contributed by atoms with E-state index in [0.29, 0.717) is 25.1 Å². The lowest BCUT2D eigenvalue weighted by Gasteiger charge is -2.33. The van der Waals surface area contributed by atoms with Gasteiger partial charge in [0, 0.05) is 0 Å². The number of hydrogen-bond acceptors (Lipinski definition) is 8. The van der Waals surface area contributed by atoms with Gasteiger partial charge < -0.3 is 19.5 Å². The minimum atomic E-state index is -0.893. The van der Waals surface area contributed by atoms with Gasteiger partial charge in [-0.15, -0.1) is 0 Å². The number of alkyl carbamates (subject to hydrolysis) is 1. The van der Waals surface area contributed by atoms with E-state index in [0.717, 1.165) is 12.8 Å². The molecule has 0 aromatic carbocycles. The van der Waals surface area contributed by atoms with Gasteiger partial charge in [0.05, 0.1) is 6.54 Å². The van der Waals surface area contributed by atoms with E-state index in [1.807, 2.05) is 25.7 Å². The summed E-state index contributed by atoms with van der Waals surface area (Å²) in [5.74, 6) is -0.691. The Labute approximate surface area is 223 Å². The Morgan fingerprint density at radius 3 is 2.11 bits per heavy atom. The molecule has 1 amide bonds. The number of rotatable bonds is 8. The highest BCUT2D eigenvalue weighted by atomic mass is 35.5. The molecular weight excluding hydrogens is 509 g/mol. The van der Waals surface area contributed by atoms with Gasteiger partial charge in [-0.1, -0.05) is 23.2 Å². The van der Waals surface area contributed by atoms with E-state index >= 15 is 0 Å². The minimum Gasteiger partial charge on any atom is -0.459 e. The van der Waals surface area contributed by atoms with Gasteiger partial charge in [-0.25, -0.2) is 14.6 Å². The lowest BCUT2D eigenvalue weighted by Crippen LogP contribution is -2.46. The number of nitrogens with one attached hydrogen (secondary N) is 1. The Bertz CT molecular complexity index is 901. The molecule has 9 nitrogen and oxygen atoms in total. The Balaban J connectivity index is 1.97. The zero-order valence-electron chi connectivity index (χ0n) is 21.9. The second-order valence-electron chi connectivity index (χ2n) is 11.0. The van der Waals surface area contributed by atoms with Gasteiger partial charge in [-0.05, 0) is 97.5 Å². The summed E-state index contributed by atoms with van der Waals surface area (Å²) in [6.07, 6.45) is 1.22. The van der Waals surface area contributed by atoms with E-state index in [2.05, 4.69) is 10.3 Å². The molecule has 0 radical (unpaired) electrons. The van der Waals surface area contributed by atoms with Gasteiger partial charge in [-0.3, -0.25) is 9.69 Å². The predicted octanol–water partition coefficient (Wildman–Crippen LogP) is 4.77. The normalized spacial score (nSPS) is 16.2. The Morgan fingerprint density at radius 2 is 1.58 bits per heavy atom. The van der Waals surface area contributed by atoms with Gasteiger partial charge in [0.2, 0.25) is 0 Å². The molecule has 11 heteroatoms. The highest BCUT2D eigenvalue weighted by Crippen LogP contribution is 2.24. The summed E-state index contributed by atoms with van der Waals surface area (Å²) in [5.41, 5.74) is -0.654. The first-order chi connectivity index (χ1) is 16.6. The van der Waals surface area contributed by atoms with Gasteiger partial charge in [0.15, 0.2) is 0 Å². The molecule has 1 aromatic heterocycles. The molecule has 1 N–H and O–H groups in total. The number of aromatic nitrogens is 1. The molecule has 1 aliphatic heterocycles. The highest BCUT2D eigenvalue weighted by molar-refractivity contribution is 6.32. The molecule has 1 saturated heterocycles. The molecular formula is C25H37Cl2N3O6. The monoisotopic (exact) mass is 545 g/mol. The maximum atomic E-state index is 13.0. The van der Waals surface area contributed by atoms with Crippen molar-refractivity contribution in [2.45, 2.75) is 84.7 Å². The maximum Gasteiger partial charge on any atom is 0.408 e. The molecule has 0 bridgehead atoms. The Kier molecular flexibility index (Phi) is 10.8. The summed E-state index contributed by atoms with van der Waals surface area (Å²) in [6.45, 7) is 12.3. The van der Waals surface area contributed by atoms with Gasteiger partial charge in [0.25, 0.3) is 0 Å². The number of nitrogens with zero attached hydrogens (tertiary/aromatic N) is 2. The van der Waals surface area contributed by atoms with E-state index < -0.39 is 29.3 Å². The lowest BCUT2D eigenvalue weighted by atomic mass is 9.90. The van der Waals surface area contributed by atoms with Crippen molar-refractivity contribution in [1.82, 2.24) is 15.2 Å². The third-order valence-electron chi connectivity index (χ3n) is 5.23. The van der Waals surface area contributed by atoms with Crippen LogP contribution in [0.3, 0.4) is 0 Å². The fraction of sp³-hybridized carbons (Fsp3) is 0.680. The van der Waals surface area contributed by atoms with Crippen molar-refractivity contribution < 1.29 is 28.6 Å². The quantitative estimate of drug-likeness (QED) is 0.282. The number of ether oxygens (including phenoxy) is 3. The van der Waals surface area contributed by atoms with Crippen molar-refractivity contribution >= 4 is 41.2 Å².